The van der Waals surface area contributed by atoms with Crippen LogP contribution < -0.4 is 10.6 Å². The molecule has 0 bridgehead atoms. The minimum absolute atomic E-state index is 0.0345. The maximum absolute atomic E-state index is 13.6. The van der Waals surface area contributed by atoms with E-state index >= 15 is 0 Å². The van der Waals surface area contributed by atoms with E-state index < -0.39 is 23.7 Å². The van der Waals surface area contributed by atoms with Crippen LogP contribution in [0.4, 0.5) is 4.39 Å². The Morgan fingerprint density at radius 2 is 1.88 bits per heavy atom. The second kappa shape index (κ2) is 12.2. The van der Waals surface area contributed by atoms with Gasteiger partial charge in [0.15, 0.2) is 5.76 Å². The third kappa shape index (κ3) is 6.89. The van der Waals surface area contributed by atoms with Crippen LogP contribution in [0.3, 0.4) is 0 Å². The zero-order valence-corrected chi connectivity index (χ0v) is 18.7. The van der Waals surface area contributed by atoms with Crippen molar-refractivity contribution in [3.63, 3.8) is 0 Å². The Hall–Kier alpha value is -3.20. The van der Waals surface area contributed by atoms with Crippen LogP contribution in [-0.2, 0) is 14.3 Å². The average Bonchev–Trinajstić information content (AvgIpc) is 3.36. The highest BCUT2D eigenvalue weighted by Crippen LogP contribution is 2.24. The van der Waals surface area contributed by atoms with Gasteiger partial charge in [0.1, 0.15) is 11.9 Å². The molecule has 8 nitrogen and oxygen atoms in total. The zero-order chi connectivity index (χ0) is 23.6. The molecule has 178 valence electrons. The summed E-state index contributed by atoms with van der Waals surface area (Å²) in [4.78, 5) is 40.1. The number of rotatable bonds is 10. The zero-order valence-electron chi connectivity index (χ0n) is 18.7. The monoisotopic (exact) mass is 459 g/mol. The van der Waals surface area contributed by atoms with E-state index in [1.54, 1.807) is 6.07 Å². The van der Waals surface area contributed by atoms with Gasteiger partial charge < -0.3 is 24.7 Å². The van der Waals surface area contributed by atoms with Crippen molar-refractivity contribution in [1.29, 1.82) is 0 Å². The summed E-state index contributed by atoms with van der Waals surface area (Å²) in [5.74, 6) is -1.71. The smallest absolute Gasteiger partial charge is 0.287 e. The van der Waals surface area contributed by atoms with E-state index in [1.807, 2.05) is 0 Å². The number of nitrogens with zero attached hydrogens (tertiary/aromatic N) is 1. The predicted octanol–water partition coefficient (Wildman–Crippen LogP) is 2.81. The molecule has 3 rings (SSSR count). The Bertz CT molecular complexity index is 911. The Labute approximate surface area is 192 Å². The summed E-state index contributed by atoms with van der Waals surface area (Å²) in [5.41, 5.74) is 0.478. The molecule has 33 heavy (non-hydrogen) atoms. The maximum atomic E-state index is 13.6. The highest BCUT2D eigenvalue weighted by Gasteiger charge is 2.33. The van der Waals surface area contributed by atoms with Crippen molar-refractivity contribution in [2.75, 3.05) is 26.8 Å². The largest absolute Gasteiger partial charge is 0.459 e. The fourth-order valence-electron chi connectivity index (χ4n) is 3.98. The van der Waals surface area contributed by atoms with Crippen LogP contribution in [0.25, 0.3) is 0 Å². The molecule has 1 aromatic carbocycles. The summed E-state index contributed by atoms with van der Waals surface area (Å²) in [6.45, 7) is -0.0317. The summed E-state index contributed by atoms with van der Waals surface area (Å²) in [7, 11) is 1.50. The first-order chi connectivity index (χ1) is 16.0. The number of carbonyl (C=O) groups is 3. The van der Waals surface area contributed by atoms with E-state index in [9.17, 15) is 18.8 Å². The summed E-state index contributed by atoms with van der Waals surface area (Å²) >= 11 is 0. The fourth-order valence-corrected chi connectivity index (χ4v) is 3.98. The standard InChI is InChI=1S/C24H30FN3O5/c1-32-15-13-28(21(29)16-26-23(30)20-8-5-14-33-20)22(17-9-11-18(25)12-10-17)24(31)27-19-6-3-2-4-7-19/h5,8-12,14,19,22H,2-4,6-7,13,15-16H2,1H3,(H,26,30)(H,27,31). The highest BCUT2D eigenvalue weighted by atomic mass is 19.1. The molecule has 1 aliphatic carbocycles. The van der Waals surface area contributed by atoms with Crippen LogP contribution in [-0.4, -0.2) is 55.5 Å². The number of methoxy groups -OCH3 is 1. The van der Waals surface area contributed by atoms with Crippen molar-refractivity contribution < 1.29 is 27.9 Å². The third-order valence-corrected chi connectivity index (χ3v) is 5.70. The first-order valence-corrected chi connectivity index (χ1v) is 11.2. The second-order valence-electron chi connectivity index (χ2n) is 8.04. The Kier molecular flexibility index (Phi) is 9.00. The molecule has 2 N–H and O–H groups in total. The number of hydrogen-bond acceptors (Lipinski definition) is 5. The number of nitrogens with one attached hydrogen (secondary N) is 2. The molecule has 1 aromatic heterocycles. The first-order valence-electron chi connectivity index (χ1n) is 11.2. The van der Waals surface area contributed by atoms with E-state index in [-0.39, 0.29) is 37.4 Å². The van der Waals surface area contributed by atoms with Crippen molar-refractivity contribution in [1.82, 2.24) is 15.5 Å². The molecule has 0 saturated heterocycles. The van der Waals surface area contributed by atoms with Crippen LogP contribution in [0.2, 0.25) is 0 Å². The van der Waals surface area contributed by atoms with Crippen LogP contribution in [0.1, 0.15) is 54.3 Å². The quantitative estimate of drug-likeness (QED) is 0.569. The predicted molar refractivity (Wildman–Crippen MR) is 119 cm³/mol. The van der Waals surface area contributed by atoms with Crippen molar-refractivity contribution in [2.45, 2.75) is 44.2 Å². The molecule has 0 aliphatic heterocycles. The number of hydrogen-bond donors (Lipinski definition) is 2. The molecule has 1 heterocycles. The van der Waals surface area contributed by atoms with Gasteiger partial charge >= 0.3 is 0 Å². The van der Waals surface area contributed by atoms with Gasteiger partial charge in [0.2, 0.25) is 11.8 Å². The summed E-state index contributed by atoms with van der Waals surface area (Å²) in [5, 5.41) is 5.58. The van der Waals surface area contributed by atoms with Crippen molar-refractivity contribution >= 4 is 17.7 Å². The molecule has 3 amide bonds. The lowest BCUT2D eigenvalue weighted by atomic mass is 9.94. The summed E-state index contributed by atoms with van der Waals surface area (Å²) in [6.07, 6.45) is 6.35. The Morgan fingerprint density at radius 3 is 2.52 bits per heavy atom. The molecular formula is C24H30FN3O5. The molecule has 0 radical (unpaired) electrons. The molecular weight excluding hydrogens is 429 g/mol. The van der Waals surface area contributed by atoms with Gasteiger partial charge in [-0.05, 0) is 42.7 Å². The van der Waals surface area contributed by atoms with Crippen LogP contribution in [0, 0.1) is 5.82 Å². The van der Waals surface area contributed by atoms with Gasteiger partial charge in [-0.3, -0.25) is 14.4 Å². The minimum atomic E-state index is -0.990. The molecule has 1 atom stereocenters. The van der Waals surface area contributed by atoms with Gasteiger partial charge in [-0.15, -0.1) is 0 Å². The molecule has 0 spiro atoms. The van der Waals surface area contributed by atoms with Crippen molar-refractivity contribution in [3.05, 3.63) is 59.8 Å². The van der Waals surface area contributed by atoms with Crippen molar-refractivity contribution in [2.24, 2.45) is 0 Å². The van der Waals surface area contributed by atoms with Gasteiger partial charge in [0.25, 0.3) is 5.91 Å². The Balaban J connectivity index is 1.81. The number of ether oxygens (including phenoxy) is 1. The van der Waals surface area contributed by atoms with E-state index in [1.165, 1.54) is 48.6 Å². The summed E-state index contributed by atoms with van der Waals surface area (Å²) in [6, 6.07) is 7.61. The Morgan fingerprint density at radius 1 is 1.15 bits per heavy atom. The van der Waals surface area contributed by atoms with E-state index in [0.717, 1.165) is 32.1 Å². The molecule has 1 fully saturated rings. The van der Waals surface area contributed by atoms with Crippen molar-refractivity contribution in [3.8, 4) is 0 Å². The molecule has 1 saturated carbocycles. The van der Waals surface area contributed by atoms with Gasteiger partial charge in [-0.25, -0.2) is 4.39 Å². The van der Waals surface area contributed by atoms with Gasteiger partial charge in [0.05, 0.1) is 19.4 Å². The van der Waals surface area contributed by atoms with Crippen LogP contribution in [0.5, 0.6) is 0 Å². The second-order valence-corrected chi connectivity index (χ2v) is 8.04. The fraction of sp³-hybridized carbons (Fsp3) is 0.458. The topological polar surface area (TPSA) is 101 Å². The minimum Gasteiger partial charge on any atom is -0.459 e. The lowest BCUT2D eigenvalue weighted by Gasteiger charge is -2.33. The van der Waals surface area contributed by atoms with E-state index in [0.29, 0.717) is 5.56 Å². The van der Waals surface area contributed by atoms with Crippen LogP contribution >= 0.6 is 0 Å². The van der Waals surface area contributed by atoms with E-state index in [4.69, 9.17) is 9.15 Å². The number of halogens is 1. The third-order valence-electron chi connectivity index (χ3n) is 5.70. The number of amides is 3. The van der Waals surface area contributed by atoms with Gasteiger partial charge in [0, 0.05) is 19.7 Å². The van der Waals surface area contributed by atoms with Crippen LogP contribution in [0.15, 0.2) is 47.1 Å². The maximum Gasteiger partial charge on any atom is 0.287 e. The molecule has 1 aliphatic rings. The first kappa shape index (κ1) is 24.4. The number of furan rings is 1. The van der Waals surface area contributed by atoms with Gasteiger partial charge in [-0.2, -0.15) is 0 Å². The van der Waals surface area contributed by atoms with E-state index in [2.05, 4.69) is 10.6 Å². The number of carbonyl (C=O) groups excluding carboxylic acids is 3. The lowest BCUT2D eigenvalue weighted by molar-refractivity contribution is -0.141. The average molecular weight is 460 g/mol. The van der Waals surface area contributed by atoms with Gasteiger partial charge in [-0.1, -0.05) is 31.4 Å². The lowest BCUT2D eigenvalue weighted by Crippen LogP contribution is -2.50. The molecule has 9 heteroatoms. The summed E-state index contributed by atoms with van der Waals surface area (Å²) < 4.78 is 23.8. The number of benzene rings is 1. The highest BCUT2D eigenvalue weighted by molar-refractivity contribution is 5.95. The molecule has 1 unspecified atom stereocenters. The normalized spacial score (nSPS) is 15.0. The molecule has 2 aromatic rings. The SMILES string of the molecule is COCCN(C(=O)CNC(=O)c1ccco1)C(C(=O)NC1CCCCC1)c1ccc(F)cc1.